The van der Waals surface area contributed by atoms with Crippen molar-refractivity contribution < 1.29 is 26.7 Å². The van der Waals surface area contributed by atoms with Gasteiger partial charge in [0.05, 0.1) is 29.7 Å². The van der Waals surface area contributed by atoms with Gasteiger partial charge < -0.3 is 15.8 Å². The number of thioether (sulfide) groups is 1. The number of nitrogens with two attached hydrogens (primary N) is 1. The maximum atomic E-state index is 14.6. The zero-order chi connectivity index (χ0) is 25.6. The zero-order valence-corrected chi connectivity index (χ0v) is 19.7. The number of rotatable bonds is 10. The van der Waals surface area contributed by atoms with Crippen LogP contribution in [0.4, 0.5) is 33.5 Å². The van der Waals surface area contributed by atoms with Crippen molar-refractivity contribution in [2.45, 2.75) is 30.9 Å². The Morgan fingerprint density at radius 1 is 1.29 bits per heavy atom. The molecule has 0 aliphatic heterocycles. The number of aliphatic imine (C=N–C) groups is 1. The summed E-state index contributed by atoms with van der Waals surface area (Å²) in [6, 6.07) is 3.67. The first-order valence-electron chi connectivity index (χ1n) is 10.4. The van der Waals surface area contributed by atoms with E-state index in [0.717, 1.165) is 6.07 Å². The molecule has 13 heteroatoms. The van der Waals surface area contributed by atoms with Crippen molar-refractivity contribution in [3.8, 4) is 5.88 Å². The molecule has 3 rings (SSSR count). The van der Waals surface area contributed by atoms with Crippen LogP contribution < -0.4 is 15.8 Å². The number of nitrogens with one attached hydrogen (secondary N) is 1. The number of alkyl halides is 3. The number of ether oxygens (including phenoxy) is 1. The molecule has 0 bridgehead atoms. The average Bonchev–Trinajstić information content (AvgIpc) is 2.82. The van der Waals surface area contributed by atoms with Crippen LogP contribution in [0.2, 0.25) is 0 Å². The average molecular weight is 515 g/mol. The molecule has 2 heterocycles. The SMILES string of the molecule is CN=C(N)S[C@](C)(Cc1cc(Nc2nccc3nc(OCCCF)cnc23)cc(F)c1F)C(F)F. The summed E-state index contributed by atoms with van der Waals surface area (Å²) in [5, 5.41) is 2.74. The smallest absolute Gasteiger partial charge is 0.253 e. The molecule has 0 spiro atoms. The van der Waals surface area contributed by atoms with Crippen LogP contribution in [-0.4, -0.2) is 51.6 Å². The third-order valence-corrected chi connectivity index (χ3v) is 6.07. The fourth-order valence-electron chi connectivity index (χ4n) is 3.12. The van der Waals surface area contributed by atoms with Crippen molar-refractivity contribution in [2.24, 2.45) is 10.7 Å². The molecule has 0 saturated carbocycles. The highest BCUT2D eigenvalue weighted by molar-refractivity contribution is 8.15. The summed E-state index contributed by atoms with van der Waals surface area (Å²) in [7, 11) is 1.35. The lowest BCUT2D eigenvalue weighted by atomic mass is 9.99. The Labute approximate surface area is 202 Å². The molecule has 35 heavy (non-hydrogen) atoms. The molecule has 2 aromatic heterocycles. The molecule has 0 radical (unpaired) electrons. The van der Waals surface area contributed by atoms with Gasteiger partial charge in [-0.05, 0) is 31.0 Å². The first kappa shape index (κ1) is 26.4. The van der Waals surface area contributed by atoms with Crippen molar-refractivity contribution in [3.05, 3.63) is 47.8 Å². The molecular weight excluding hydrogens is 491 g/mol. The number of fused-ring (bicyclic) bond motifs is 1. The predicted molar refractivity (Wildman–Crippen MR) is 126 cm³/mol. The highest BCUT2D eigenvalue weighted by Crippen LogP contribution is 2.37. The van der Waals surface area contributed by atoms with Crippen molar-refractivity contribution in [2.75, 3.05) is 25.6 Å². The van der Waals surface area contributed by atoms with Gasteiger partial charge in [0.2, 0.25) is 5.88 Å². The second kappa shape index (κ2) is 11.5. The molecule has 0 aliphatic rings. The minimum absolute atomic E-state index is 0.0720. The molecule has 0 aliphatic carbocycles. The number of pyridine rings is 1. The zero-order valence-electron chi connectivity index (χ0n) is 18.9. The lowest BCUT2D eigenvalue weighted by Gasteiger charge is -2.28. The number of amidine groups is 1. The largest absolute Gasteiger partial charge is 0.476 e. The number of halogens is 5. The summed E-state index contributed by atoms with van der Waals surface area (Å²) in [6.45, 7) is 0.812. The van der Waals surface area contributed by atoms with E-state index in [1.54, 1.807) is 6.07 Å². The molecule has 1 atom stereocenters. The van der Waals surface area contributed by atoms with Gasteiger partial charge in [-0.1, -0.05) is 11.8 Å². The Balaban J connectivity index is 1.91. The first-order chi connectivity index (χ1) is 16.7. The van der Waals surface area contributed by atoms with Crippen LogP contribution in [0.25, 0.3) is 11.0 Å². The minimum atomic E-state index is -2.90. The fraction of sp³-hybridized carbons (Fsp3) is 0.364. The molecule has 0 fully saturated rings. The molecule has 3 N–H and O–H groups in total. The maximum absolute atomic E-state index is 14.6. The number of anilines is 2. The van der Waals surface area contributed by atoms with Gasteiger partial charge in [0.15, 0.2) is 22.6 Å². The lowest BCUT2D eigenvalue weighted by Crippen LogP contribution is -2.36. The molecule has 3 aromatic rings. The van der Waals surface area contributed by atoms with Crippen LogP contribution in [0.5, 0.6) is 5.88 Å². The Kier molecular flexibility index (Phi) is 8.65. The van der Waals surface area contributed by atoms with E-state index in [1.807, 2.05) is 0 Å². The topological polar surface area (TPSA) is 98.3 Å². The lowest BCUT2D eigenvalue weighted by molar-refractivity contribution is 0.106. The molecule has 188 valence electrons. The van der Waals surface area contributed by atoms with Crippen LogP contribution in [0.15, 0.2) is 35.6 Å². The van der Waals surface area contributed by atoms with Crippen LogP contribution in [0, 0.1) is 11.6 Å². The van der Waals surface area contributed by atoms with E-state index in [-0.39, 0.29) is 41.1 Å². The molecule has 7 nitrogen and oxygen atoms in total. The van der Waals surface area contributed by atoms with Gasteiger partial charge in [0.1, 0.15) is 5.52 Å². The number of nitrogens with zero attached hydrogens (tertiary/aromatic N) is 4. The highest BCUT2D eigenvalue weighted by atomic mass is 32.2. The quantitative estimate of drug-likeness (QED) is 0.170. The van der Waals surface area contributed by atoms with Gasteiger partial charge in [0.25, 0.3) is 6.43 Å². The summed E-state index contributed by atoms with van der Waals surface area (Å²) >= 11 is 0.589. The van der Waals surface area contributed by atoms with Gasteiger partial charge in [-0.3, -0.25) is 9.38 Å². The highest BCUT2D eigenvalue weighted by Gasteiger charge is 2.38. The summed E-state index contributed by atoms with van der Waals surface area (Å²) in [4.78, 5) is 16.3. The van der Waals surface area contributed by atoms with Gasteiger partial charge in [-0.2, -0.15) is 0 Å². The summed E-state index contributed by atoms with van der Waals surface area (Å²) in [6.07, 6.45) is -0.463. The maximum Gasteiger partial charge on any atom is 0.253 e. The Hall–Kier alpha value is -3.22. The standard InChI is InChI=1S/C22H23F5N6OS/c1-22(20(26)27,35-21(28)29-2)10-12-8-13(9-14(24)17(12)25)32-19-18-15(4-6-30-19)33-16(11-31-18)34-7-3-5-23/h4,6,8-9,11,20H,3,5,7,10H2,1-2H3,(H2,28,29)(H,30,32)/t22-/m1/s1. The van der Waals surface area contributed by atoms with E-state index in [9.17, 15) is 22.0 Å². The molecule has 1 aromatic carbocycles. The number of benzene rings is 1. The van der Waals surface area contributed by atoms with Gasteiger partial charge in [-0.15, -0.1) is 0 Å². The summed E-state index contributed by atoms with van der Waals surface area (Å²) < 4.78 is 72.4. The summed E-state index contributed by atoms with van der Waals surface area (Å²) in [5.41, 5.74) is 6.09. The molecule has 0 amide bonds. The van der Waals surface area contributed by atoms with E-state index < -0.39 is 35.9 Å². The van der Waals surface area contributed by atoms with E-state index in [2.05, 4.69) is 25.3 Å². The number of hydrogen-bond donors (Lipinski definition) is 2. The second-order valence-electron chi connectivity index (χ2n) is 7.64. The van der Waals surface area contributed by atoms with Gasteiger partial charge in [-0.25, -0.2) is 32.5 Å². The van der Waals surface area contributed by atoms with E-state index in [0.29, 0.717) is 22.8 Å². The van der Waals surface area contributed by atoms with Crippen LogP contribution in [-0.2, 0) is 6.42 Å². The van der Waals surface area contributed by atoms with E-state index in [1.165, 1.54) is 32.4 Å². The monoisotopic (exact) mass is 514 g/mol. The van der Waals surface area contributed by atoms with Gasteiger partial charge >= 0.3 is 0 Å². The Bertz CT molecular complexity index is 1210. The first-order valence-corrected chi connectivity index (χ1v) is 11.2. The Morgan fingerprint density at radius 2 is 2.06 bits per heavy atom. The van der Waals surface area contributed by atoms with Crippen molar-refractivity contribution in [1.29, 1.82) is 0 Å². The van der Waals surface area contributed by atoms with E-state index in [4.69, 9.17) is 10.5 Å². The third kappa shape index (κ3) is 6.47. The number of hydrogen-bond acceptors (Lipinski definition) is 7. The van der Waals surface area contributed by atoms with Crippen molar-refractivity contribution >= 4 is 39.5 Å². The molecule has 0 saturated heterocycles. The van der Waals surface area contributed by atoms with Crippen LogP contribution in [0.3, 0.4) is 0 Å². The normalized spacial score (nSPS) is 13.8. The fourth-order valence-corrected chi connectivity index (χ4v) is 4.01. The van der Waals surface area contributed by atoms with Crippen molar-refractivity contribution in [3.63, 3.8) is 0 Å². The summed E-state index contributed by atoms with van der Waals surface area (Å²) in [5.74, 6) is -2.10. The van der Waals surface area contributed by atoms with Gasteiger partial charge in [0, 0.05) is 31.4 Å². The number of aromatic nitrogens is 3. The Morgan fingerprint density at radius 3 is 2.74 bits per heavy atom. The third-order valence-electron chi connectivity index (χ3n) is 4.89. The predicted octanol–water partition coefficient (Wildman–Crippen LogP) is 5.03. The van der Waals surface area contributed by atoms with E-state index >= 15 is 0 Å². The minimum Gasteiger partial charge on any atom is -0.476 e. The molecule has 0 unspecified atom stereocenters. The second-order valence-corrected chi connectivity index (χ2v) is 9.19. The van der Waals surface area contributed by atoms with Crippen LogP contribution in [0.1, 0.15) is 18.9 Å². The van der Waals surface area contributed by atoms with Crippen LogP contribution >= 0.6 is 11.8 Å². The van der Waals surface area contributed by atoms with Crippen molar-refractivity contribution in [1.82, 2.24) is 15.0 Å². The molecular formula is C22H23F5N6OS.